The van der Waals surface area contributed by atoms with E-state index in [4.69, 9.17) is 10.5 Å². The Labute approximate surface area is 124 Å². The van der Waals surface area contributed by atoms with Crippen molar-refractivity contribution in [3.63, 3.8) is 0 Å². The highest BCUT2D eigenvalue weighted by Crippen LogP contribution is 2.38. The summed E-state index contributed by atoms with van der Waals surface area (Å²) >= 11 is 0. The van der Waals surface area contributed by atoms with Gasteiger partial charge in [0.15, 0.2) is 0 Å². The summed E-state index contributed by atoms with van der Waals surface area (Å²) in [4.78, 5) is 0. The second kappa shape index (κ2) is 7.24. The highest BCUT2D eigenvalue weighted by Gasteiger charge is 2.42. The van der Waals surface area contributed by atoms with E-state index < -0.39 is 0 Å². The third-order valence-electron chi connectivity index (χ3n) is 5.92. The molecular formula is C17H32N2O. The molecule has 4 atom stereocenters. The van der Waals surface area contributed by atoms with Crippen molar-refractivity contribution in [2.24, 2.45) is 23.5 Å². The van der Waals surface area contributed by atoms with Crippen LogP contribution in [0.5, 0.6) is 0 Å². The molecule has 0 aromatic carbocycles. The SMILES string of the molecule is NCCC1CNC2C(OCC3CCCCC3)CCCC12. The topological polar surface area (TPSA) is 47.3 Å². The second-order valence-corrected chi connectivity index (χ2v) is 7.24. The van der Waals surface area contributed by atoms with Crippen LogP contribution in [-0.4, -0.2) is 31.8 Å². The van der Waals surface area contributed by atoms with Gasteiger partial charge in [0.2, 0.25) is 0 Å². The van der Waals surface area contributed by atoms with Crippen LogP contribution in [0.15, 0.2) is 0 Å². The maximum atomic E-state index is 6.37. The molecule has 1 heterocycles. The molecule has 3 aliphatic rings. The average Bonchev–Trinajstić information content (AvgIpc) is 2.91. The lowest BCUT2D eigenvalue weighted by molar-refractivity contribution is -0.0275. The highest BCUT2D eigenvalue weighted by molar-refractivity contribution is 4.97. The molecule has 0 aromatic rings. The first-order chi connectivity index (χ1) is 9.88. The molecule has 0 amide bonds. The first-order valence-corrected chi connectivity index (χ1v) is 8.93. The Morgan fingerprint density at radius 1 is 1.00 bits per heavy atom. The van der Waals surface area contributed by atoms with Gasteiger partial charge in [-0.1, -0.05) is 25.7 Å². The van der Waals surface area contributed by atoms with E-state index >= 15 is 0 Å². The van der Waals surface area contributed by atoms with Crippen LogP contribution in [0.2, 0.25) is 0 Å². The van der Waals surface area contributed by atoms with Gasteiger partial charge in [-0.25, -0.2) is 0 Å². The van der Waals surface area contributed by atoms with Crippen LogP contribution >= 0.6 is 0 Å². The summed E-state index contributed by atoms with van der Waals surface area (Å²) in [6, 6.07) is 0.615. The summed E-state index contributed by atoms with van der Waals surface area (Å²) in [6.45, 7) is 3.01. The third kappa shape index (κ3) is 3.37. The van der Waals surface area contributed by atoms with Gasteiger partial charge in [-0.3, -0.25) is 0 Å². The molecule has 3 heteroatoms. The molecule has 4 unspecified atom stereocenters. The Bertz CT molecular complexity index is 291. The van der Waals surface area contributed by atoms with E-state index in [0.717, 1.165) is 37.5 Å². The molecule has 0 bridgehead atoms. The van der Waals surface area contributed by atoms with Crippen molar-refractivity contribution >= 4 is 0 Å². The lowest BCUT2D eigenvalue weighted by Crippen LogP contribution is -2.44. The van der Waals surface area contributed by atoms with E-state index in [1.54, 1.807) is 0 Å². The summed E-state index contributed by atoms with van der Waals surface area (Å²) in [5.41, 5.74) is 5.76. The summed E-state index contributed by atoms with van der Waals surface area (Å²) in [6.07, 6.45) is 12.7. The fourth-order valence-corrected chi connectivity index (χ4v) is 4.77. The molecule has 1 aliphatic heterocycles. The largest absolute Gasteiger partial charge is 0.376 e. The van der Waals surface area contributed by atoms with Gasteiger partial charge >= 0.3 is 0 Å². The number of rotatable bonds is 5. The monoisotopic (exact) mass is 280 g/mol. The van der Waals surface area contributed by atoms with E-state index in [0.29, 0.717) is 12.1 Å². The molecule has 116 valence electrons. The number of ether oxygens (including phenoxy) is 1. The molecule has 3 nitrogen and oxygen atoms in total. The first kappa shape index (κ1) is 14.8. The van der Waals surface area contributed by atoms with E-state index in [1.165, 1.54) is 57.8 Å². The van der Waals surface area contributed by atoms with Crippen molar-refractivity contribution in [1.82, 2.24) is 5.32 Å². The van der Waals surface area contributed by atoms with Gasteiger partial charge < -0.3 is 15.8 Å². The van der Waals surface area contributed by atoms with Gasteiger partial charge in [0.1, 0.15) is 0 Å². The number of fused-ring (bicyclic) bond motifs is 1. The average molecular weight is 280 g/mol. The standard InChI is InChI=1S/C17H32N2O/c18-10-9-14-11-19-17-15(14)7-4-8-16(17)20-12-13-5-2-1-3-6-13/h13-17,19H,1-12,18H2. The van der Waals surface area contributed by atoms with Crippen LogP contribution in [0, 0.1) is 17.8 Å². The van der Waals surface area contributed by atoms with E-state index in [-0.39, 0.29) is 0 Å². The lowest BCUT2D eigenvalue weighted by atomic mass is 9.77. The van der Waals surface area contributed by atoms with Crippen LogP contribution in [-0.2, 0) is 4.74 Å². The van der Waals surface area contributed by atoms with Gasteiger partial charge in [0, 0.05) is 12.6 Å². The number of hydrogen-bond acceptors (Lipinski definition) is 3. The maximum absolute atomic E-state index is 6.37. The molecule has 3 rings (SSSR count). The van der Waals surface area contributed by atoms with Crippen LogP contribution < -0.4 is 11.1 Å². The van der Waals surface area contributed by atoms with E-state index in [9.17, 15) is 0 Å². The number of hydrogen-bond donors (Lipinski definition) is 2. The Balaban J connectivity index is 1.49. The summed E-state index contributed by atoms with van der Waals surface area (Å²) in [5.74, 6) is 2.46. The third-order valence-corrected chi connectivity index (χ3v) is 5.92. The van der Waals surface area contributed by atoms with Gasteiger partial charge in [0.25, 0.3) is 0 Å². The minimum absolute atomic E-state index is 0.471. The molecule has 3 fully saturated rings. The molecule has 2 aliphatic carbocycles. The van der Waals surface area contributed by atoms with Crippen molar-refractivity contribution in [3.05, 3.63) is 0 Å². The summed E-state index contributed by atoms with van der Waals surface area (Å²) < 4.78 is 6.37. The van der Waals surface area contributed by atoms with Crippen LogP contribution in [0.4, 0.5) is 0 Å². The molecule has 20 heavy (non-hydrogen) atoms. The quantitative estimate of drug-likeness (QED) is 0.814. The van der Waals surface area contributed by atoms with E-state index in [1.807, 2.05) is 0 Å². The zero-order valence-corrected chi connectivity index (χ0v) is 12.9. The first-order valence-electron chi connectivity index (χ1n) is 8.93. The predicted octanol–water partition coefficient (Wildman–Crippen LogP) is 2.69. The van der Waals surface area contributed by atoms with Crippen LogP contribution in [0.3, 0.4) is 0 Å². The zero-order valence-electron chi connectivity index (χ0n) is 12.9. The molecule has 0 aromatic heterocycles. The Hall–Kier alpha value is -0.120. The molecule has 0 spiro atoms. The minimum atomic E-state index is 0.471. The van der Waals surface area contributed by atoms with Crippen LogP contribution in [0.1, 0.15) is 57.8 Å². The van der Waals surface area contributed by atoms with Crippen molar-refractivity contribution in [2.45, 2.75) is 69.9 Å². The Morgan fingerprint density at radius 2 is 1.85 bits per heavy atom. The van der Waals surface area contributed by atoms with Gasteiger partial charge in [-0.15, -0.1) is 0 Å². The van der Waals surface area contributed by atoms with Crippen molar-refractivity contribution in [3.8, 4) is 0 Å². The van der Waals surface area contributed by atoms with E-state index in [2.05, 4.69) is 5.32 Å². The van der Waals surface area contributed by atoms with Crippen molar-refractivity contribution < 1.29 is 4.74 Å². The van der Waals surface area contributed by atoms with Crippen molar-refractivity contribution in [1.29, 1.82) is 0 Å². The smallest absolute Gasteiger partial charge is 0.0730 e. The Kier molecular flexibility index (Phi) is 5.36. The minimum Gasteiger partial charge on any atom is -0.376 e. The Morgan fingerprint density at radius 3 is 2.65 bits per heavy atom. The fourth-order valence-electron chi connectivity index (χ4n) is 4.77. The maximum Gasteiger partial charge on any atom is 0.0730 e. The summed E-state index contributed by atoms with van der Waals surface area (Å²) in [5, 5.41) is 3.75. The molecule has 0 radical (unpaired) electrons. The number of nitrogens with two attached hydrogens (primary N) is 1. The predicted molar refractivity (Wildman–Crippen MR) is 82.6 cm³/mol. The second-order valence-electron chi connectivity index (χ2n) is 7.24. The summed E-state index contributed by atoms with van der Waals surface area (Å²) in [7, 11) is 0. The fraction of sp³-hybridized carbons (Fsp3) is 1.00. The highest BCUT2D eigenvalue weighted by atomic mass is 16.5. The lowest BCUT2D eigenvalue weighted by Gasteiger charge is -2.36. The molecule has 1 saturated heterocycles. The van der Waals surface area contributed by atoms with Crippen LogP contribution in [0.25, 0.3) is 0 Å². The van der Waals surface area contributed by atoms with Gasteiger partial charge in [-0.2, -0.15) is 0 Å². The van der Waals surface area contributed by atoms with Crippen molar-refractivity contribution in [2.75, 3.05) is 19.7 Å². The zero-order chi connectivity index (χ0) is 13.8. The van der Waals surface area contributed by atoms with Gasteiger partial charge in [-0.05, 0) is 62.9 Å². The molecule has 2 saturated carbocycles. The van der Waals surface area contributed by atoms with Gasteiger partial charge in [0.05, 0.1) is 6.10 Å². The normalized spacial score (nSPS) is 38.9. The number of nitrogens with one attached hydrogen (secondary N) is 1. The molecular weight excluding hydrogens is 248 g/mol. The molecule has 3 N–H and O–H groups in total.